The average Bonchev–Trinajstić information content (AvgIpc) is 2.98. The zero-order chi connectivity index (χ0) is 18.1. The van der Waals surface area contributed by atoms with Crippen molar-refractivity contribution in [2.45, 2.75) is 77.0 Å². The fourth-order valence-corrected chi connectivity index (χ4v) is 2.85. The maximum absolute atomic E-state index is 12.2. The number of aliphatic hydroxyl groups excluding tert-OH is 1. The number of carbonyl (C=O) groups excluding carboxylic acids is 1. The Balaban J connectivity index is 1.88. The standard InChI is InChI=1S/C16H29NO7/c1-15(2,3)24-14(20)17-7-10(6-12(17)13(18)19)21-8-11-9-22-16(4,5)23-11/h10-13,18-19H,6-9H2,1-5H3/t10-,11?,12-/m1/s1. The van der Waals surface area contributed by atoms with Gasteiger partial charge >= 0.3 is 6.09 Å². The fourth-order valence-electron chi connectivity index (χ4n) is 2.85. The predicted octanol–water partition coefficient (Wildman–Crippen LogP) is 0.843. The van der Waals surface area contributed by atoms with E-state index in [1.807, 2.05) is 13.8 Å². The van der Waals surface area contributed by atoms with Gasteiger partial charge in [0.05, 0.1) is 31.9 Å². The summed E-state index contributed by atoms with van der Waals surface area (Å²) < 4.78 is 22.3. The second kappa shape index (κ2) is 7.13. The molecule has 2 aliphatic rings. The highest BCUT2D eigenvalue weighted by Gasteiger charge is 2.42. The van der Waals surface area contributed by atoms with E-state index in [2.05, 4.69) is 0 Å². The quantitative estimate of drug-likeness (QED) is 0.727. The Morgan fingerprint density at radius 1 is 1.38 bits per heavy atom. The molecule has 2 heterocycles. The number of hydrogen-bond donors (Lipinski definition) is 2. The van der Waals surface area contributed by atoms with Crippen LogP contribution in [0.4, 0.5) is 4.79 Å². The Bertz CT molecular complexity index is 446. The summed E-state index contributed by atoms with van der Waals surface area (Å²) in [7, 11) is 0. The molecule has 2 aliphatic heterocycles. The molecular formula is C16H29NO7. The lowest BCUT2D eigenvalue weighted by Crippen LogP contribution is -2.45. The third kappa shape index (κ3) is 5.29. The van der Waals surface area contributed by atoms with E-state index in [0.717, 1.165) is 0 Å². The molecule has 0 aromatic carbocycles. The van der Waals surface area contributed by atoms with E-state index in [1.54, 1.807) is 20.8 Å². The first kappa shape index (κ1) is 19.4. The first-order valence-electron chi connectivity index (χ1n) is 8.26. The molecular weight excluding hydrogens is 318 g/mol. The molecule has 140 valence electrons. The van der Waals surface area contributed by atoms with Crippen molar-refractivity contribution in [3.63, 3.8) is 0 Å². The van der Waals surface area contributed by atoms with Crippen LogP contribution in [0.15, 0.2) is 0 Å². The molecule has 0 aliphatic carbocycles. The number of nitrogens with zero attached hydrogens (tertiary/aromatic N) is 1. The van der Waals surface area contributed by atoms with E-state index in [9.17, 15) is 15.0 Å². The summed E-state index contributed by atoms with van der Waals surface area (Å²) >= 11 is 0. The minimum absolute atomic E-state index is 0.173. The highest BCUT2D eigenvalue weighted by atomic mass is 16.7. The van der Waals surface area contributed by atoms with Gasteiger partial charge in [-0.05, 0) is 34.6 Å². The highest BCUT2D eigenvalue weighted by Crippen LogP contribution is 2.27. The van der Waals surface area contributed by atoms with Crippen LogP contribution in [0.1, 0.15) is 41.0 Å². The van der Waals surface area contributed by atoms with Gasteiger partial charge < -0.3 is 29.2 Å². The van der Waals surface area contributed by atoms with Gasteiger partial charge in [0.1, 0.15) is 11.7 Å². The van der Waals surface area contributed by atoms with E-state index in [4.69, 9.17) is 18.9 Å². The summed E-state index contributed by atoms with van der Waals surface area (Å²) in [6.07, 6.45) is -2.37. The van der Waals surface area contributed by atoms with Crippen molar-refractivity contribution in [2.24, 2.45) is 0 Å². The van der Waals surface area contributed by atoms with Crippen molar-refractivity contribution in [1.82, 2.24) is 4.90 Å². The topological polar surface area (TPSA) is 97.7 Å². The average molecular weight is 347 g/mol. The van der Waals surface area contributed by atoms with E-state index in [-0.39, 0.29) is 18.8 Å². The number of aliphatic hydroxyl groups is 2. The summed E-state index contributed by atoms with van der Waals surface area (Å²) in [6.45, 7) is 9.98. The summed E-state index contributed by atoms with van der Waals surface area (Å²) in [6, 6.07) is -0.748. The van der Waals surface area contributed by atoms with Crippen molar-refractivity contribution in [3.8, 4) is 0 Å². The van der Waals surface area contributed by atoms with E-state index in [0.29, 0.717) is 19.6 Å². The summed E-state index contributed by atoms with van der Waals surface area (Å²) in [4.78, 5) is 13.6. The number of rotatable bonds is 4. The van der Waals surface area contributed by atoms with Crippen LogP contribution in [-0.2, 0) is 18.9 Å². The van der Waals surface area contributed by atoms with E-state index in [1.165, 1.54) is 4.90 Å². The van der Waals surface area contributed by atoms with Crippen LogP contribution in [0.5, 0.6) is 0 Å². The van der Waals surface area contributed by atoms with Crippen LogP contribution < -0.4 is 0 Å². The van der Waals surface area contributed by atoms with Gasteiger partial charge in [-0.1, -0.05) is 0 Å². The maximum atomic E-state index is 12.2. The van der Waals surface area contributed by atoms with Gasteiger partial charge in [-0.3, -0.25) is 4.90 Å². The Hall–Kier alpha value is -0.930. The minimum atomic E-state index is -1.64. The molecule has 8 heteroatoms. The first-order chi connectivity index (χ1) is 11.0. The Kier molecular flexibility index (Phi) is 5.76. The molecule has 1 unspecified atom stereocenters. The zero-order valence-electron chi connectivity index (χ0n) is 15.0. The molecule has 8 nitrogen and oxygen atoms in total. The Labute approximate surface area is 142 Å². The van der Waals surface area contributed by atoms with Gasteiger partial charge in [-0.15, -0.1) is 0 Å². The summed E-state index contributed by atoms with van der Waals surface area (Å²) in [5, 5.41) is 19.1. The van der Waals surface area contributed by atoms with Crippen molar-refractivity contribution >= 4 is 6.09 Å². The van der Waals surface area contributed by atoms with Crippen LogP contribution >= 0.6 is 0 Å². The van der Waals surface area contributed by atoms with Gasteiger partial charge in [0.2, 0.25) is 0 Å². The van der Waals surface area contributed by atoms with Gasteiger partial charge in [0.15, 0.2) is 12.1 Å². The van der Waals surface area contributed by atoms with Gasteiger partial charge in [-0.25, -0.2) is 4.79 Å². The van der Waals surface area contributed by atoms with Crippen LogP contribution in [0.2, 0.25) is 0 Å². The lowest BCUT2D eigenvalue weighted by atomic mass is 10.2. The normalized spacial score (nSPS) is 30.2. The van der Waals surface area contributed by atoms with Crippen molar-refractivity contribution in [3.05, 3.63) is 0 Å². The molecule has 0 saturated carbocycles. The molecule has 2 saturated heterocycles. The lowest BCUT2D eigenvalue weighted by molar-refractivity contribution is -0.147. The monoisotopic (exact) mass is 347 g/mol. The summed E-state index contributed by atoms with van der Waals surface area (Å²) in [5.41, 5.74) is -0.651. The number of carbonyl (C=O) groups is 1. The number of amides is 1. The molecule has 2 fully saturated rings. The van der Waals surface area contributed by atoms with E-state index < -0.39 is 29.8 Å². The van der Waals surface area contributed by atoms with Gasteiger partial charge in [0, 0.05) is 6.42 Å². The largest absolute Gasteiger partial charge is 0.444 e. The lowest BCUT2D eigenvalue weighted by Gasteiger charge is -2.29. The molecule has 1 amide bonds. The predicted molar refractivity (Wildman–Crippen MR) is 84.2 cm³/mol. The third-order valence-electron chi connectivity index (χ3n) is 3.86. The summed E-state index contributed by atoms with van der Waals surface area (Å²) in [5.74, 6) is -0.615. The molecule has 0 spiro atoms. The van der Waals surface area contributed by atoms with Crippen LogP contribution in [0.3, 0.4) is 0 Å². The molecule has 0 radical (unpaired) electrons. The Morgan fingerprint density at radius 3 is 2.54 bits per heavy atom. The number of likely N-dealkylation sites (tertiary alicyclic amines) is 1. The van der Waals surface area contributed by atoms with Crippen LogP contribution in [0, 0.1) is 0 Å². The van der Waals surface area contributed by atoms with Gasteiger partial charge in [0.25, 0.3) is 0 Å². The number of ether oxygens (including phenoxy) is 4. The molecule has 0 aromatic heterocycles. The van der Waals surface area contributed by atoms with Crippen molar-refractivity contribution < 1.29 is 34.0 Å². The molecule has 0 aromatic rings. The third-order valence-corrected chi connectivity index (χ3v) is 3.86. The highest BCUT2D eigenvalue weighted by molar-refractivity contribution is 5.69. The van der Waals surface area contributed by atoms with Crippen molar-refractivity contribution in [1.29, 1.82) is 0 Å². The Morgan fingerprint density at radius 2 is 2.04 bits per heavy atom. The second-order valence-corrected chi connectivity index (χ2v) is 7.76. The fraction of sp³-hybridized carbons (Fsp3) is 0.938. The molecule has 0 bridgehead atoms. The molecule has 2 rings (SSSR count). The number of hydrogen-bond acceptors (Lipinski definition) is 7. The molecule has 2 N–H and O–H groups in total. The van der Waals surface area contributed by atoms with Crippen LogP contribution in [-0.4, -0.2) is 76.9 Å². The first-order valence-corrected chi connectivity index (χ1v) is 8.26. The minimum Gasteiger partial charge on any atom is -0.444 e. The second-order valence-electron chi connectivity index (χ2n) is 7.76. The zero-order valence-corrected chi connectivity index (χ0v) is 15.0. The van der Waals surface area contributed by atoms with E-state index >= 15 is 0 Å². The maximum Gasteiger partial charge on any atom is 0.410 e. The molecule has 24 heavy (non-hydrogen) atoms. The smallest absolute Gasteiger partial charge is 0.410 e. The van der Waals surface area contributed by atoms with Gasteiger partial charge in [-0.2, -0.15) is 0 Å². The van der Waals surface area contributed by atoms with Crippen molar-refractivity contribution in [2.75, 3.05) is 19.8 Å². The van der Waals surface area contributed by atoms with Crippen LogP contribution in [0.25, 0.3) is 0 Å². The SMILES string of the molecule is CC(C)(C)OC(=O)N1C[C@H](OCC2COC(C)(C)O2)C[C@@H]1C(O)O. The molecule has 3 atom stereocenters.